The van der Waals surface area contributed by atoms with Crippen LogP contribution in [0.15, 0.2) is 12.3 Å². The molecule has 7 nitrogen and oxygen atoms in total. The Morgan fingerprint density at radius 3 is 3.00 bits per heavy atom. The minimum absolute atomic E-state index is 0.0170. The van der Waals surface area contributed by atoms with Gasteiger partial charge in [0, 0.05) is 19.1 Å². The lowest BCUT2D eigenvalue weighted by Gasteiger charge is -2.34. The summed E-state index contributed by atoms with van der Waals surface area (Å²) in [5.41, 5.74) is 5.54. The van der Waals surface area contributed by atoms with Gasteiger partial charge in [0.15, 0.2) is 0 Å². The predicted octanol–water partition coefficient (Wildman–Crippen LogP) is 1.84. The largest absolute Gasteiger partial charge is 0.338 e. The molecule has 2 unspecified atom stereocenters. The molecule has 0 aliphatic carbocycles. The molecule has 1 aliphatic rings. The van der Waals surface area contributed by atoms with E-state index in [1.165, 1.54) is 6.07 Å². The van der Waals surface area contributed by atoms with Gasteiger partial charge in [-0.25, -0.2) is 4.98 Å². The number of halogens is 1. The first kappa shape index (κ1) is 15.7. The zero-order chi connectivity index (χ0) is 15.6. The third kappa shape index (κ3) is 3.48. The highest BCUT2D eigenvalue weighted by atomic mass is 35.5. The molecule has 1 saturated heterocycles. The summed E-state index contributed by atoms with van der Waals surface area (Å²) in [5.74, 6) is -0.185. The summed E-state index contributed by atoms with van der Waals surface area (Å²) in [5, 5.41) is 11.1. The number of carbonyl (C=O) groups is 1. The third-order valence-electron chi connectivity index (χ3n) is 3.77. The molecule has 2 rings (SSSR count). The number of nitrogens with two attached hydrogens (primary N) is 1. The van der Waals surface area contributed by atoms with E-state index in [0.717, 1.165) is 19.0 Å². The van der Waals surface area contributed by atoms with Crippen molar-refractivity contribution in [2.45, 2.75) is 25.8 Å². The smallest absolute Gasteiger partial charge is 0.300 e. The van der Waals surface area contributed by atoms with Crippen molar-refractivity contribution in [3.8, 4) is 0 Å². The van der Waals surface area contributed by atoms with Gasteiger partial charge in [0.25, 0.3) is 11.6 Å². The SMILES string of the molecule is CC(N)C1CCCN(C(=O)c2cc(Cl)ncc2[N+](=O)[O-])C1. The normalized spacial score (nSPS) is 20.1. The number of aromatic nitrogens is 1. The standard InChI is InChI=1S/C13H17ClN4O3/c1-8(15)9-3-2-4-17(7-9)13(19)10-5-12(14)16-6-11(10)18(20)21/h5-6,8-9H,2-4,7,15H2,1H3. The number of hydrogen-bond donors (Lipinski definition) is 1. The van der Waals surface area contributed by atoms with Crippen LogP contribution in [0.3, 0.4) is 0 Å². The lowest BCUT2D eigenvalue weighted by atomic mass is 9.92. The van der Waals surface area contributed by atoms with Crippen LogP contribution in [0, 0.1) is 16.0 Å². The molecule has 1 amide bonds. The van der Waals surface area contributed by atoms with Crippen molar-refractivity contribution in [2.24, 2.45) is 11.7 Å². The van der Waals surface area contributed by atoms with Crippen LogP contribution >= 0.6 is 11.6 Å². The molecule has 1 aliphatic heterocycles. The minimum atomic E-state index is -0.621. The Hall–Kier alpha value is -1.73. The fourth-order valence-electron chi connectivity index (χ4n) is 2.53. The third-order valence-corrected chi connectivity index (χ3v) is 3.97. The van der Waals surface area contributed by atoms with Gasteiger partial charge >= 0.3 is 0 Å². The Morgan fingerprint density at radius 1 is 1.67 bits per heavy atom. The van der Waals surface area contributed by atoms with Crippen molar-refractivity contribution < 1.29 is 9.72 Å². The minimum Gasteiger partial charge on any atom is -0.338 e. The molecule has 1 aromatic rings. The molecule has 2 N–H and O–H groups in total. The summed E-state index contributed by atoms with van der Waals surface area (Å²) >= 11 is 5.76. The summed E-state index contributed by atoms with van der Waals surface area (Å²) < 4.78 is 0. The highest BCUT2D eigenvalue weighted by Crippen LogP contribution is 2.25. The zero-order valence-electron chi connectivity index (χ0n) is 11.7. The van der Waals surface area contributed by atoms with Crippen LogP contribution in [0.2, 0.25) is 5.15 Å². The van der Waals surface area contributed by atoms with E-state index in [1.807, 2.05) is 6.92 Å². The molecule has 0 radical (unpaired) electrons. The van der Waals surface area contributed by atoms with Crippen molar-refractivity contribution in [1.29, 1.82) is 0 Å². The van der Waals surface area contributed by atoms with Crippen LogP contribution in [0.4, 0.5) is 5.69 Å². The maximum Gasteiger partial charge on any atom is 0.300 e. The summed E-state index contributed by atoms with van der Waals surface area (Å²) in [6.07, 6.45) is 2.81. The van der Waals surface area contributed by atoms with E-state index in [-0.39, 0.29) is 28.4 Å². The Bertz CT molecular complexity index is 564. The molecule has 8 heteroatoms. The monoisotopic (exact) mass is 312 g/mol. The van der Waals surface area contributed by atoms with E-state index in [0.29, 0.717) is 13.1 Å². The first-order valence-corrected chi connectivity index (χ1v) is 7.12. The molecular formula is C13H17ClN4O3. The number of pyridine rings is 1. The molecule has 1 fully saturated rings. The average Bonchev–Trinajstić information content (AvgIpc) is 2.46. The van der Waals surface area contributed by atoms with Crippen LogP contribution in [0.5, 0.6) is 0 Å². The Morgan fingerprint density at radius 2 is 2.38 bits per heavy atom. The molecule has 0 spiro atoms. The number of piperidine rings is 1. The maximum atomic E-state index is 12.5. The molecule has 114 valence electrons. The molecule has 21 heavy (non-hydrogen) atoms. The van der Waals surface area contributed by atoms with Crippen molar-refractivity contribution in [3.63, 3.8) is 0 Å². The van der Waals surface area contributed by atoms with E-state index >= 15 is 0 Å². The Kier molecular flexibility index (Phi) is 4.74. The second-order valence-electron chi connectivity index (χ2n) is 5.29. The summed E-state index contributed by atoms with van der Waals surface area (Å²) in [6, 6.07) is 1.23. The summed E-state index contributed by atoms with van der Waals surface area (Å²) in [6.45, 7) is 2.98. The summed E-state index contributed by atoms with van der Waals surface area (Å²) in [7, 11) is 0. The van der Waals surface area contributed by atoms with Crippen LogP contribution in [-0.4, -0.2) is 39.8 Å². The topological polar surface area (TPSA) is 102 Å². The molecule has 1 aromatic heterocycles. The maximum absolute atomic E-state index is 12.5. The van der Waals surface area contributed by atoms with E-state index in [4.69, 9.17) is 17.3 Å². The van der Waals surface area contributed by atoms with Gasteiger partial charge in [0.2, 0.25) is 0 Å². The second-order valence-corrected chi connectivity index (χ2v) is 5.68. The van der Waals surface area contributed by atoms with Crippen molar-refractivity contribution in [1.82, 2.24) is 9.88 Å². The number of hydrogen-bond acceptors (Lipinski definition) is 5. The van der Waals surface area contributed by atoms with Crippen LogP contribution in [0.1, 0.15) is 30.1 Å². The van der Waals surface area contributed by atoms with E-state index in [2.05, 4.69) is 4.98 Å². The number of nitro groups is 1. The van der Waals surface area contributed by atoms with E-state index in [9.17, 15) is 14.9 Å². The number of carbonyl (C=O) groups excluding carboxylic acids is 1. The van der Waals surface area contributed by atoms with Gasteiger partial charge in [-0.15, -0.1) is 0 Å². The number of amides is 1. The molecule has 0 aromatic carbocycles. The Labute approximate surface area is 127 Å². The fraction of sp³-hybridized carbons (Fsp3) is 0.538. The number of likely N-dealkylation sites (tertiary alicyclic amines) is 1. The average molecular weight is 313 g/mol. The molecule has 0 bridgehead atoms. The number of nitrogens with zero attached hydrogens (tertiary/aromatic N) is 3. The van der Waals surface area contributed by atoms with Crippen molar-refractivity contribution in [3.05, 3.63) is 33.1 Å². The first-order chi connectivity index (χ1) is 9.90. The van der Waals surface area contributed by atoms with Crippen LogP contribution in [0.25, 0.3) is 0 Å². The van der Waals surface area contributed by atoms with E-state index < -0.39 is 10.8 Å². The van der Waals surface area contributed by atoms with Gasteiger partial charge in [-0.05, 0) is 31.7 Å². The van der Waals surface area contributed by atoms with E-state index in [1.54, 1.807) is 4.90 Å². The highest BCUT2D eigenvalue weighted by Gasteiger charge is 2.30. The highest BCUT2D eigenvalue weighted by molar-refractivity contribution is 6.29. The zero-order valence-corrected chi connectivity index (χ0v) is 12.4. The lowest BCUT2D eigenvalue weighted by molar-refractivity contribution is -0.385. The molecule has 2 heterocycles. The van der Waals surface area contributed by atoms with Gasteiger partial charge < -0.3 is 10.6 Å². The molecule has 0 saturated carbocycles. The number of rotatable bonds is 3. The van der Waals surface area contributed by atoms with Gasteiger partial charge in [-0.2, -0.15) is 0 Å². The quantitative estimate of drug-likeness (QED) is 0.521. The van der Waals surface area contributed by atoms with Gasteiger partial charge in [-0.1, -0.05) is 11.6 Å². The van der Waals surface area contributed by atoms with Gasteiger partial charge in [0.1, 0.15) is 16.9 Å². The molecule has 2 atom stereocenters. The second kappa shape index (κ2) is 6.36. The van der Waals surface area contributed by atoms with Gasteiger partial charge in [0.05, 0.1) is 4.92 Å². The van der Waals surface area contributed by atoms with Crippen molar-refractivity contribution in [2.75, 3.05) is 13.1 Å². The fourth-order valence-corrected chi connectivity index (χ4v) is 2.69. The van der Waals surface area contributed by atoms with Crippen molar-refractivity contribution >= 4 is 23.2 Å². The van der Waals surface area contributed by atoms with Crippen LogP contribution in [-0.2, 0) is 0 Å². The lowest BCUT2D eigenvalue weighted by Crippen LogP contribution is -2.45. The summed E-state index contributed by atoms with van der Waals surface area (Å²) in [4.78, 5) is 28.2. The first-order valence-electron chi connectivity index (χ1n) is 6.75. The van der Waals surface area contributed by atoms with Gasteiger partial charge in [-0.3, -0.25) is 14.9 Å². The Balaban J connectivity index is 2.27. The van der Waals surface area contributed by atoms with Crippen LogP contribution < -0.4 is 5.73 Å². The molecular weight excluding hydrogens is 296 g/mol. The predicted molar refractivity (Wildman–Crippen MR) is 78.2 cm³/mol.